The molecule has 2 aromatic rings. The quantitative estimate of drug-likeness (QED) is 0.589. The van der Waals surface area contributed by atoms with Crippen molar-refractivity contribution in [3.05, 3.63) is 69.9 Å². The van der Waals surface area contributed by atoms with Crippen LogP contribution in [0.25, 0.3) is 0 Å². The van der Waals surface area contributed by atoms with Crippen molar-refractivity contribution in [2.75, 3.05) is 27.2 Å². The number of amides is 3. The summed E-state index contributed by atoms with van der Waals surface area (Å²) < 4.78 is 0. The third kappa shape index (κ3) is 3.70. The summed E-state index contributed by atoms with van der Waals surface area (Å²) in [6.45, 7) is 4.16. The molecule has 1 atom stereocenters. The predicted octanol–water partition coefficient (Wildman–Crippen LogP) is 2.56. The minimum absolute atomic E-state index is 0.0645. The largest absolute Gasteiger partial charge is 0.350 e. The van der Waals surface area contributed by atoms with Crippen LogP contribution >= 0.6 is 11.3 Å². The van der Waals surface area contributed by atoms with Crippen LogP contribution in [0, 0.1) is 0 Å². The highest BCUT2D eigenvalue weighted by Crippen LogP contribution is 2.25. The van der Waals surface area contributed by atoms with Crippen LogP contribution in [-0.4, -0.2) is 54.7 Å². The molecule has 2 heterocycles. The zero-order valence-corrected chi connectivity index (χ0v) is 16.1. The van der Waals surface area contributed by atoms with Gasteiger partial charge in [0.15, 0.2) is 0 Å². The van der Waals surface area contributed by atoms with Gasteiger partial charge in [0.05, 0.1) is 17.2 Å². The van der Waals surface area contributed by atoms with Crippen LogP contribution < -0.4 is 5.32 Å². The molecule has 1 aliphatic rings. The van der Waals surface area contributed by atoms with Gasteiger partial charge in [0.1, 0.15) is 0 Å². The Labute approximate surface area is 162 Å². The van der Waals surface area contributed by atoms with E-state index in [-0.39, 0.29) is 30.0 Å². The fourth-order valence-electron chi connectivity index (χ4n) is 3.04. The third-order valence-electron chi connectivity index (χ3n) is 4.50. The smallest absolute Gasteiger partial charge is 0.261 e. The normalized spacial score (nSPS) is 14.4. The Bertz CT molecular complexity index is 890. The number of hydrogen-bond donors (Lipinski definition) is 1. The van der Waals surface area contributed by atoms with Crippen LogP contribution in [0.3, 0.4) is 0 Å². The Kier molecular flexibility index (Phi) is 5.53. The topological polar surface area (TPSA) is 69.7 Å². The molecular weight excluding hydrogens is 362 g/mol. The Morgan fingerprint density at radius 2 is 2.00 bits per heavy atom. The average molecular weight is 383 g/mol. The number of nitrogens with zero attached hydrogens (tertiary/aromatic N) is 2. The van der Waals surface area contributed by atoms with Gasteiger partial charge in [-0.1, -0.05) is 12.1 Å². The van der Waals surface area contributed by atoms with E-state index in [2.05, 4.69) is 11.9 Å². The monoisotopic (exact) mass is 383 g/mol. The molecule has 3 amide bonds. The summed E-state index contributed by atoms with van der Waals surface area (Å²) in [5.41, 5.74) is 0.944. The van der Waals surface area contributed by atoms with E-state index in [1.54, 1.807) is 17.4 Å². The van der Waals surface area contributed by atoms with Crippen LogP contribution in [0.2, 0.25) is 0 Å². The highest BCUT2D eigenvalue weighted by atomic mass is 32.1. The van der Waals surface area contributed by atoms with Gasteiger partial charge in [-0.2, -0.15) is 0 Å². The second-order valence-corrected chi connectivity index (χ2v) is 7.45. The van der Waals surface area contributed by atoms with E-state index >= 15 is 0 Å². The van der Waals surface area contributed by atoms with Gasteiger partial charge in [0, 0.05) is 23.5 Å². The van der Waals surface area contributed by atoms with E-state index in [9.17, 15) is 14.4 Å². The molecule has 27 heavy (non-hydrogen) atoms. The lowest BCUT2D eigenvalue weighted by Crippen LogP contribution is -2.34. The summed E-state index contributed by atoms with van der Waals surface area (Å²) in [6, 6.07) is 8.69. The first-order chi connectivity index (χ1) is 12.9. The molecule has 0 bridgehead atoms. The number of carbonyl (C=O) groups is 3. The molecule has 3 rings (SSSR count). The van der Waals surface area contributed by atoms with Gasteiger partial charge < -0.3 is 10.2 Å². The Balaban J connectivity index is 1.75. The number of hydrogen-bond acceptors (Lipinski definition) is 5. The van der Waals surface area contributed by atoms with Crippen molar-refractivity contribution in [2.24, 2.45) is 0 Å². The summed E-state index contributed by atoms with van der Waals surface area (Å²) in [7, 11) is 3.93. The highest BCUT2D eigenvalue weighted by molar-refractivity contribution is 7.10. The third-order valence-corrected chi connectivity index (χ3v) is 5.47. The maximum Gasteiger partial charge on any atom is 0.261 e. The first kappa shape index (κ1) is 19.0. The number of imide groups is 1. The van der Waals surface area contributed by atoms with Crippen molar-refractivity contribution in [3.63, 3.8) is 0 Å². The van der Waals surface area contributed by atoms with E-state index in [4.69, 9.17) is 0 Å². The Morgan fingerprint density at radius 3 is 2.63 bits per heavy atom. The molecule has 0 aliphatic carbocycles. The lowest BCUT2D eigenvalue weighted by molar-refractivity contribution is 0.0672. The van der Waals surface area contributed by atoms with Gasteiger partial charge in [0.25, 0.3) is 17.7 Å². The van der Waals surface area contributed by atoms with Gasteiger partial charge in [-0.25, -0.2) is 0 Å². The lowest BCUT2D eigenvalue weighted by atomic mass is 10.1. The predicted molar refractivity (Wildman–Crippen MR) is 105 cm³/mol. The zero-order valence-electron chi connectivity index (χ0n) is 15.3. The zero-order chi connectivity index (χ0) is 19.6. The van der Waals surface area contributed by atoms with Crippen LogP contribution in [0.15, 0.2) is 48.4 Å². The number of carbonyl (C=O) groups excluding carboxylic acids is 3. The van der Waals surface area contributed by atoms with Crippen LogP contribution in [0.1, 0.15) is 42.0 Å². The fourth-order valence-corrected chi connectivity index (χ4v) is 3.96. The Morgan fingerprint density at radius 1 is 1.26 bits per heavy atom. The highest BCUT2D eigenvalue weighted by Gasteiger charge is 2.35. The number of thiophene rings is 1. The van der Waals surface area contributed by atoms with Crippen molar-refractivity contribution in [1.29, 1.82) is 0 Å². The molecule has 0 unspecified atom stereocenters. The summed E-state index contributed by atoms with van der Waals surface area (Å²) in [5, 5.41) is 4.93. The standard InChI is InChI=1S/C20H21N3O3S/c1-4-9-23-19(25)14-8-7-13(11-15(14)20(23)26)18(24)21-12-16(22(2)3)17-6-5-10-27-17/h4-8,10-11,16H,1,9,12H2,2-3H3,(H,21,24)/t16-/m0/s1. The average Bonchev–Trinajstić information content (AvgIpc) is 3.25. The molecule has 6 nitrogen and oxygen atoms in total. The van der Waals surface area contributed by atoms with Crippen molar-refractivity contribution < 1.29 is 14.4 Å². The number of likely N-dealkylation sites (N-methyl/N-ethyl adjacent to an activating group) is 1. The van der Waals surface area contributed by atoms with Crippen molar-refractivity contribution >= 4 is 29.1 Å². The molecule has 0 fully saturated rings. The van der Waals surface area contributed by atoms with Gasteiger partial charge in [-0.15, -0.1) is 17.9 Å². The summed E-state index contributed by atoms with van der Waals surface area (Å²) in [4.78, 5) is 41.6. The van der Waals surface area contributed by atoms with Crippen molar-refractivity contribution in [1.82, 2.24) is 15.1 Å². The van der Waals surface area contributed by atoms with Gasteiger partial charge >= 0.3 is 0 Å². The first-order valence-electron chi connectivity index (χ1n) is 8.53. The fraction of sp³-hybridized carbons (Fsp3) is 0.250. The molecular formula is C20H21N3O3S. The summed E-state index contributed by atoms with van der Waals surface area (Å²) in [6.07, 6.45) is 1.50. The SMILES string of the molecule is C=CCN1C(=O)c2ccc(C(=O)NC[C@@H](c3cccs3)N(C)C)cc2C1=O. The minimum atomic E-state index is -0.394. The molecule has 1 N–H and O–H groups in total. The van der Waals surface area contributed by atoms with Gasteiger partial charge in [-0.05, 0) is 43.7 Å². The van der Waals surface area contributed by atoms with E-state index in [0.29, 0.717) is 17.7 Å². The second kappa shape index (κ2) is 7.85. The van der Waals surface area contributed by atoms with E-state index < -0.39 is 5.91 Å². The lowest BCUT2D eigenvalue weighted by Gasteiger charge is -2.23. The molecule has 1 aromatic heterocycles. The van der Waals surface area contributed by atoms with Crippen LogP contribution in [0.5, 0.6) is 0 Å². The molecule has 0 radical (unpaired) electrons. The summed E-state index contributed by atoms with van der Waals surface area (Å²) >= 11 is 1.64. The molecule has 0 saturated heterocycles. The van der Waals surface area contributed by atoms with Gasteiger partial charge in [0.2, 0.25) is 0 Å². The van der Waals surface area contributed by atoms with Crippen LogP contribution in [0.4, 0.5) is 0 Å². The van der Waals surface area contributed by atoms with E-state index in [1.165, 1.54) is 18.2 Å². The Hall–Kier alpha value is -2.77. The molecule has 1 aromatic carbocycles. The maximum atomic E-state index is 12.6. The molecule has 0 saturated carbocycles. The number of benzene rings is 1. The molecule has 0 spiro atoms. The molecule has 140 valence electrons. The van der Waals surface area contributed by atoms with Gasteiger partial charge in [-0.3, -0.25) is 19.3 Å². The van der Waals surface area contributed by atoms with Crippen molar-refractivity contribution in [3.8, 4) is 0 Å². The van der Waals surface area contributed by atoms with Crippen LogP contribution in [-0.2, 0) is 0 Å². The van der Waals surface area contributed by atoms with Crippen molar-refractivity contribution in [2.45, 2.75) is 6.04 Å². The maximum absolute atomic E-state index is 12.6. The number of rotatable bonds is 7. The first-order valence-corrected chi connectivity index (χ1v) is 9.41. The van der Waals surface area contributed by atoms with E-state index in [0.717, 1.165) is 9.78 Å². The minimum Gasteiger partial charge on any atom is -0.350 e. The van der Waals surface area contributed by atoms with E-state index in [1.807, 2.05) is 36.5 Å². The molecule has 7 heteroatoms. The number of fused-ring (bicyclic) bond motifs is 1. The second-order valence-electron chi connectivity index (χ2n) is 6.47. The number of nitrogens with one attached hydrogen (secondary N) is 1. The summed E-state index contributed by atoms with van der Waals surface area (Å²) in [5.74, 6) is -1.02. The molecule has 1 aliphatic heterocycles.